The van der Waals surface area contributed by atoms with Crippen molar-refractivity contribution >= 4 is 29.9 Å². The molecule has 9 heteroatoms. The highest BCUT2D eigenvalue weighted by Gasteiger charge is 2.24. The highest BCUT2D eigenvalue weighted by atomic mass is 127. The van der Waals surface area contributed by atoms with Crippen molar-refractivity contribution in [3.8, 4) is 11.5 Å². The van der Waals surface area contributed by atoms with Gasteiger partial charge >= 0.3 is 0 Å². The number of benzene rings is 1. The molecule has 1 aromatic rings. The van der Waals surface area contributed by atoms with Crippen LogP contribution >= 0.6 is 24.0 Å². The minimum absolute atomic E-state index is 0. The van der Waals surface area contributed by atoms with E-state index in [4.69, 9.17) is 19.2 Å². The Hall–Kier alpha value is -1.30. The largest absolute Gasteiger partial charge is 0.493 e. The molecular weight excluding hydrogens is 533 g/mol. The number of nitrogens with zero attached hydrogens (tertiary/aromatic N) is 3. The molecule has 1 aliphatic heterocycles. The summed E-state index contributed by atoms with van der Waals surface area (Å²) in [6.45, 7) is 15.5. The lowest BCUT2D eigenvalue weighted by molar-refractivity contribution is 0.0179. The van der Waals surface area contributed by atoms with E-state index in [0.29, 0.717) is 6.54 Å². The van der Waals surface area contributed by atoms with Crippen molar-refractivity contribution in [2.75, 3.05) is 79.8 Å². The van der Waals surface area contributed by atoms with Crippen LogP contribution < -0.4 is 20.1 Å². The minimum atomic E-state index is 0. The van der Waals surface area contributed by atoms with E-state index in [1.54, 1.807) is 14.2 Å². The fourth-order valence-electron chi connectivity index (χ4n) is 3.95. The van der Waals surface area contributed by atoms with Gasteiger partial charge in [-0.2, -0.15) is 0 Å². The lowest BCUT2D eigenvalue weighted by atomic mass is 10.0. The second-order valence-corrected chi connectivity index (χ2v) is 7.81. The first kappa shape index (κ1) is 29.7. The second-order valence-electron chi connectivity index (χ2n) is 7.81. The van der Waals surface area contributed by atoms with Gasteiger partial charge in [0.25, 0.3) is 0 Å². The molecule has 1 fully saturated rings. The van der Waals surface area contributed by atoms with Gasteiger partial charge in [0.15, 0.2) is 17.5 Å². The smallest absolute Gasteiger partial charge is 0.191 e. The number of nitrogens with one attached hydrogen (secondary N) is 2. The Kier molecular flexibility index (Phi) is 15.5. The average Bonchev–Trinajstić information content (AvgIpc) is 2.84. The molecule has 190 valence electrons. The number of halogens is 1. The zero-order chi connectivity index (χ0) is 23.2. The van der Waals surface area contributed by atoms with Crippen LogP contribution in [0.4, 0.5) is 0 Å². The SMILES string of the molecule is CCNC(=NCC(c1ccc(OC)c(OC)c1)N1CCOCC1)NCCCN(CC)CC.I. The van der Waals surface area contributed by atoms with Crippen LogP contribution in [0.25, 0.3) is 0 Å². The molecule has 1 aliphatic rings. The summed E-state index contributed by atoms with van der Waals surface area (Å²) in [5.41, 5.74) is 1.17. The number of ether oxygens (including phenoxy) is 3. The predicted octanol–water partition coefficient (Wildman–Crippen LogP) is 2.98. The molecule has 0 aromatic heterocycles. The van der Waals surface area contributed by atoms with Gasteiger partial charge in [-0.15, -0.1) is 24.0 Å². The predicted molar refractivity (Wildman–Crippen MR) is 146 cm³/mol. The van der Waals surface area contributed by atoms with Crippen molar-refractivity contribution < 1.29 is 14.2 Å². The molecule has 2 rings (SSSR count). The Morgan fingerprint density at radius 2 is 1.79 bits per heavy atom. The molecule has 0 amide bonds. The molecule has 2 N–H and O–H groups in total. The van der Waals surface area contributed by atoms with Crippen LogP contribution in [-0.4, -0.2) is 95.6 Å². The molecule has 0 spiro atoms. The van der Waals surface area contributed by atoms with Gasteiger partial charge in [0.2, 0.25) is 0 Å². The van der Waals surface area contributed by atoms with Crippen LogP contribution in [0.15, 0.2) is 23.2 Å². The standard InChI is InChI=1S/C24H43N5O3.HI/c1-6-25-24(26-12-9-13-28(7-2)8-3)27-19-21(29-14-16-32-17-15-29)20-10-11-22(30-4)23(18-20)31-5;/h10-11,18,21H,6-9,12-17,19H2,1-5H3,(H2,25,26,27);1H. The van der Waals surface area contributed by atoms with E-state index in [9.17, 15) is 0 Å². The quantitative estimate of drug-likeness (QED) is 0.162. The van der Waals surface area contributed by atoms with Crippen LogP contribution in [0.5, 0.6) is 11.5 Å². The maximum atomic E-state index is 5.58. The summed E-state index contributed by atoms with van der Waals surface area (Å²) in [5.74, 6) is 2.35. The molecule has 0 aliphatic carbocycles. The van der Waals surface area contributed by atoms with Gasteiger partial charge in [-0.05, 0) is 50.7 Å². The van der Waals surface area contributed by atoms with Crippen molar-refractivity contribution in [2.24, 2.45) is 4.99 Å². The van der Waals surface area contributed by atoms with E-state index in [0.717, 1.165) is 82.9 Å². The third-order valence-corrected chi connectivity index (χ3v) is 5.88. The zero-order valence-corrected chi connectivity index (χ0v) is 23.4. The number of rotatable bonds is 13. The Balaban J connectivity index is 0.00000544. The monoisotopic (exact) mass is 577 g/mol. The number of guanidine groups is 1. The first-order valence-electron chi connectivity index (χ1n) is 11.9. The van der Waals surface area contributed by atoms with Crippen LogP contribution in [0.3, 0.4) is 0 Å². The van der Waals surface area contributed by atoms with Gasteiger partial charge in [0.05, 0.1) is 40.0 Å². The zero-order valence-electron chi connectivity index (χ0n) is 21.1. The lowest BCUT2D eigenvalue weighted by Crippen LogP contribution is -2.42. The normalized spacial score (nSPS) is 15.6. The highest BCUT2D eigenvalue weighted by molar-refractivity contribution is 14.0. The Bertz CT molecular complexity index is 682. The molecule has 33 heavy (non-hydrogen) atoms. The van der Waals surface area contributed by atoms with E-state index >= 15 is 0 Å². The number of morpholine rings is 1. The van der Waals surface area contributed by atoms with Crippen molar-refractivity contribution in [1.82, 2.24) is 20.4 Å². The summed E-state index contributed by atoms with van der Waals surface area (Å²) in [7, 11) is 3.34. The van der Waals surface area contributed by atoms with Crippen molar-refractivity contribution in [3.63, 3.8) is 0 Å². The maximum absolute atomic E-state index is 5.58. The Morgan fingerprint density at radius 1 is 1.09 bits per heavy atom. The van der Waals surface area contributed by atoms with Crippen LogP contribution in [0.1, 0.15) is 38.8 Å². The summed E-state index contributed by atoms with van der Waals surface area (Å²) in [5, 5.41) is 6.89. The van der Waals surface area contributed by atoms with Crippen LogP contribution in [-0.2, 0) is 4.74 Å². The van der Waals surface area contributed by atoms with Gasteiger partial charge < -0.3 is 29.7 Å². The van der Waals surface area contributed by atoms with Gasteiger partial charge in [0, 0.05) is 26.2 Å². The summed E-state index contributed by atoms with van der Waals surface area (Å²) < 4.78 is 16.6. The number of hydrogen-bond acceptors (Lipinski definition) is 6. The third-order valence-electron chi connectivity index (χ3n) is 5.88. The second kappa shape index (κ2) is 17.2. The molecule has 1 heterocycles. The maximum Gasteiger partial charge on any atom is 0.191 e. The molecule has 1 aromatic carbocycles. The molecule has 1 saturated heterocycles. The molecule has 0 saturated carbocycles. The minimum Gasteiger partial charge on any atom is -0.493 e. The summed E-state index contributed by atoms with van der Waals surface area (Å²) in [4.78, 5) is 9.83. The van der Waals surface area contributed by atoms with Crippen LogP contribution in [0.2, 0.25) is 0 Å². The lowest BCUT2D eigenvalue weighted by Gasteiger charge is -2.34. The fraction of sp³-hybridized carbons (Fsp3) is 0.708. The molecule has 1 unspecified atom stereocenters. The van der Waals surface area contributed by atoms with Gasteiger partial charge in [0.1, 0.15) is 0 Å². The van der Waals surface area contributed by atoms with Gasteiger partial charge in [-0.25, -0.2) is 0 Å². The van der Waals surface area contributed by atoms with Crippen molar-refractivity contribution in [2.45, 2.75) is 33.2 Å². The Labute approximate surface area is 217 Å². The van der Waals surface area contributed by atoms with Gasteiger partial charge in [-0.1, -0.05) is 19.9 Å². The summed E-state index contributed by atoms with van der Waals surface area (Å²) in [6, 6.07) is 6.30. The number of aliphatic imine (C=N–C) groups is 1. The molecule has 0 bridgehead atoms. The van der Waals surface area contributed by atoms with Gasteiger partial charge in [-0.3, -0.25) is 9.89 Å². The van der Waals surface area contributed by atoms with E-state index in [1.807, 2.05) is 6.07 Å². The number of hydrogen-bond donors (Lipinski definition) is 2. The number of methoxy groups -OCH3 is 2. The van der Waals surface area contributed by atoms with Crippen molar-refractivity contribution in [1.29, 1.82) is 0 Å². The first-order valence-corrected chi connectivity index (χ1v) is 11.9. The van der Waals surface area contributed by atoms with E-state index in [2.05, 4.69) is 53.3 Å². The van der Waals surface area contributed by atoms with Crippen molar-refractivity contribution in [3.05, 3.63) is 23.8 Å². The molecule has 0 radical (unpaired) electrons. The topological polar surface area (TPSA) is 70.6 Å². The van der Waals surface area contributed by atoms with Crippen LogP contribution in [0, 0.1) is 0 Å². The molecule has 1 atom stereocenters. The summed E-state index contributed by atoms with van der Waals surface area (Å²) in [6.07, 6.45) is 1.09. The molecule has 8 nitrogen and oxygen atoms in total. The van der Waals surface area contributed by atoms with E-state index in [1.165, 1.54) is 5.56 Å². The Morgan fingerprint density at radius 3 is 2.39 bits per heavy atom. The highest BCUT2D eigenvalue weighted by Crippen LogP contribution is 2.32. The van der Waals surface area contributed by atoms with E-state index in [-0.39, 0.29) is 30.0 Å². The third kappa shape index (κ3) is 9.84. The van der Waals surface area contributed by atoms with E-state index < -0.39 is 0 Å². The fourth-order valence-corrected chi connectivity index (χ4v) is 3.95. The molecular formula is C24H44IN5O3. The first-order chi connectivity index (χ1) is 15.7. The summed E-state index contributed by atoms with van der Waals surface area (Å²) >= 11 is 0. The average molecular weight is 578 g/mol.